The standard InChI is InChI=1S/C20H21NO3/c1-5-20(2,14-21-17-10-12-18(23-3)13-11-17)16-8-6-15(7-9-16)19(22)24-4/h5-14H,1H2,2-4H3/t20-/m1/s1. The van der Waals surface area contributed by atoms with E-state index in [4.69, 9.17) is 9.47 Å². The molecule has 0 aromatic heterocycles. The summed E-state index contributed by atoms with van der Waals surface area (Å²) in [6.45, 7) is 5.93. The summed E-state index contributed by atoms with van der Waals surface area (Å²) in [6.07, 6.45) is 3.67. The summed E-state index contributed by atoms with van der Waals surface area (Å²) in [5, 5.41) is 0. The predicted octanol–water partition coefficient (Wildman–Crippen LogP) is 4.33. The minimum absolute atomic E-state index is 0.353. The molecule has 2 aromatic carbocycles. The van der Waals surface area contributed by atoms with Gasteiger partial charge < -0.3 is 9.47 Å². The monoisotopic (exact) mass is 323 g/mol. The molecule has 24 heavy (non-hydrogen) atoms. The number of carbonyl (C=O) groups is 1. The lowest BCUT2D eigenvalue weighted by Crippen LogP contribution is -2.20. The molecule has 0 amide bonds. The van der Waals surface area contributed by atoms with Gasteiger partial charge in [-0.1, -0.05) is 18.2 Å². The van der Waals surface area contributed by atoms with Gasteiger partial charge >= 0.3 is 5.97 Å². The van der Waals surface area contributed by atoms with Gasteiger partial charge in [-0.25, -0.2) is 4.79 Å². The Balaban J connectivity index is 2.24. The summed E-state index contributed by atoms with van der Waals surface area (Å²) in [7, 11) is 3.00. The minimum Gasteiger partial charge on any atom is -0.497 e. The second kappa shape index (κ2) is 7.59. The van der Waals surface area contributed by atoms with E-state index in [-0.39, 0.29) is 5.97 Å². The molecule has 0 aliphatic rings. The first kappa shape index (κ1) is 17.5. The average Bonchev–Trinajstić information content (AvgIpc) is 2.66. The molecule has 124 valence electrons. The quantitative estimate of drug-likeness (QED) is 0.452. The van der Waals surface area contributed by atoms with Crippen molar-refractivity contribution in [2.45, 2.75) is 12.3 Å². The molecule has 0 radical (unpaired) electrons. The van der Waals surface area contributed by atoms with Crippen LogP contribution in [0.25, 0.3) is 0 Å². The fourth-order valence-corrected chi connectivity index (χ4v) is 2.21. The number of benzene rings is 2. The van der Waals surface area contributed by atoms with Gasteiger partial charge in [0.1, 0.15) is 5.75 Å². The lowest BCUT2D eigenvalue weighted by atomic mass is 9.83. The van der Waals surface area contributed by atoms with Crippen LogP contribution in [-0.4, -0.2) is 26.4 Å². The van der Waals surface area contributed by atoms with Gasteiger partial charge in [0.15, 0.2) is 0 Å². The van der Waals surface area contributed by atoms with Gasteiger partial charge in [-0.2, -0.15) is 0 Å². The van der Waals surface area contributed by atoms with Crippen molar-refractivity contribution in [2.24, 2.45) is 4.99 Å². The largest absolute Gasteiger partial charge is 0.497 e. The molecule has 2 rings (SSSR count). The van der Waals surface area contributed by atoms with Crippen LogP contribution in [0.2, 0.25) is 0 Å². The zero-order chi connectivity index (χ0) is 17.6. The van der Waals surface area contributed by atoms with Crippen LogP contribution < -0.4 is 4.74 Å². The molecule has 4 heteroatoms. The molecule has 0 aliphatic carbocycles. The van der Waals surface area contributed by atoms with Crippen molar-refractivity contribution in [3.63, 3.8) is 0 Å². The molecular formula is C20H21NO3. The molecule has 0 aliphatic heterocycles. The van der Waals surface area contributed by atoms with Gasteiger partial charge in [0.2, 0.25) is 0 Å². The molecule has 0 bridgehead atoms. The van der Waals surface area contributed by atoms with Crippen LogP contribution in [0, 0.1) is 0 Å². The second-order valence-electron chi connectivity index (χ2n) is 5.51. The molecule has 0 saturated carbocycles. The van der Waals surface area contributed by atoms with Crippen LogP contribution in [0.5, 0.6) is 5.75 Å². The van der Waals surface area contributed by atoms with Crippen molar-refractivity contribution in [1.82, 2.24) is 0 Å². The fourth-order valence-electron chi connectivity index (χ4n) is 2.21. The summed E-state index contributed by atoms with van der Waals surface area (Å²) >= 11 is 0. The first-order chi connectivity index (χ1) is 11.5. The number of esters is 1. The van der Waals surface area contributed by atoms with E-state index in [0.29, 0.717) is 5.56 Å². The van der Waals surface area contributed by atoms with Crippen molar-refractivity contribution in [3.8, 4) is 5.75 Å². The Morgan fingerprint density at radius 2 is 1.71 bits per heavy atom. The molecule has 0 N–H and O–H groups in total. The normalized spacial score (nSPS) is 13.3. The molecule has 0 saturated heterocycles. The van der Waals surface area contributed by atoms with E-state index in [0.717, 1.165) is 17.0 Å². The number of rotatable bonds is 6. The van der Waals surface area contributed by atoms with Crippen molar-refractivity contribution >= 4 is 17.9 Å². The first-order valence-corrected chi connectivity index (χ1v) is 7.54. The highest BCUT2D eigenvalue weighted by Gasteiger charge is 2.21. The smallest absolute Gasteiger partial charge is 0.337 e. The van der Waals surface area contributed by atoms with E-state index >= 15 is 0 Å². The summed E-state index contributed by atoms with van der Waals surface area (Å²) in [5.41, 5.74) is 1.88. The molecular weight excluding hydrogens is 302 g/mol. The maximum absolute atomic E-state index is 11.5. The predicted molar refractivity (Wildman–Crippen MR) is 96.5 cm³/mol. The number of ether oxygens (including phenoxy) is 2. The molecule has 0 spiro atoms. The number of aliphatic imine (C=N–C) groups is 1. The van der Waals surface area contributed by atoms with Crippen LogP contribution in [0.4, 0.5) is 5.69 Å². The van der Waals surface area contributed by atoms with Gasteiger partial charge in [0, 0.05) is 11.6 Å². The van der Waals surface area contributed by atoms with Crippen LogP contribution in [0.15, 0.2) is 66.2 Å². The highest BCUT2D eigenvalue weighted by molar-refractivity contribution is 5.89. The van der Waals surface area contributed by atoms with Crippen molar-refractivity contribution < 1.29 is 14.3 Å². The molecule has 2 aromatic rings. The maximum Gasteiger partial charge on any atom is 0.337 e. The summed E-state index contributed by atoms with van der Waals surface area (Å²) in [5.74, 6) is 0.438. The number of allylic oxidation sites excluding steroid dienone is 1. The van der Waals surface area contributed by atoms with Crippen molar-refractivity contribution in [1.29, 1.82) is 0 Å². The molecule has 0 unspecified atom stereocenters. The molecule has 4 nitrogen and oxygen atoms in total. The van der Waals surface area contributed by atoms with Crippen molar-refractivity contribution in [2.75, 3.05) is 14.2 Å². The lowest BCUT2D eigenvalue weighted by molar-refractivity contribution is 0.0600. The molecule has 0 heterocycles. The Hall–Kier alpha value is -2.88. The Morgan fingerprint density at radius 1 is 1.08 bits per heavy atom. The van der Waals surface area contributed by atoms with Crippen molar-refractivity contribution in [3.05, 3.63) is 72.3 Å². The third kappa shape index (κ3) is 3.90. The summed E-state index contributed by atoms with van der Waals surface area (Å²) in [4.78, 5) is 16.1. The van der Waals surface area contributed by atoms with Crippen LogP contribution in [-0.2, 0) is 10.2 Å². The van der Waals surface area contributed by atoms with Crippen LogP contribution >= 0.6 is 0 Å². The molecule has 1 atom stereocenters. The Labute approximate surface area is 142 Å². The first-order valence-electron chi connectivity index (χ1n) is 7.54. The van der Waals surface area contributed by atoms with Gasteiger partial charge in [-0.3, -0.25) is 4.99 Å². The van der Waals surface area contributed by atoms with Crippen LogP contribution in [0.1, 0.15) is 22.8 Å². The van der Waals surface area contributed by atoms with E-state index in [2.05, 4.69) is 11.6 Å². The highest BCUT2D eigenvalue weighted by Crippen LogP contribution is 2.26. The maximum atomic E-state index is 11.5. The van der Waals surface area contributed by atoms with Gasteiger partial charge in [0.25, 0.3) is 0 Å². The zero-order valence-corrected chi connectivity index (χ0v) is 14.2. The number of hydrogen-bond acceptors (Lipinski definition) is 4. The van der Waals surface area contributed by atoms with Crippen LogP contribution in [0.3, 0.4) is 0 Å². The van der Waals surface area contributed by atoms with E-state index in [1.54, 1.807) is 19.2 Å². The SMILES string of the molecule is C=C[C@](C)(C=Nc1ccc(OC)cc1)c1ccc(C(=O)OC)cc1. The Kier molecular flexibility index (Phi) is 5.53. The lowest BCUT2D eigenvalue weighted by Gasteiger charge is -2.21. The number of carbonyl (C=O) groups excluding carboxylic acids is 1. The summed E-state index contributed by atoms with van der Waals surface area (Å²) in [6, 6.07) is 14.8. The second-order valence-corrected chi connectivity index (χ2v) is 5.51. The Bertz CT molecular complexity index is 732. The molecule has 0 fully saturated rings. The van der Waals surface area contributed by atoms with Gasteiger partial charge in [-0.15, -0.1) is 6.58 Å². The number of nitrogens with zero attached hydrogens (tertiary/aromatic N) is 1. The summed E-state index contributed by atoms with van der Waals surface area (Å²) < 4.78 is 9.86. The minimum atomic E-state index is -0.450. The highest BCUT2D eigenvalue weighted by atomic mass is 16.5. The number of methoxy groups -OCH3 is 2. The topological polar surface area (TPSA) is 47.9 Å². The zero-order valence-electron chi connectivity index (χ0n) is 14.2. The Morgan fingerprint density at radius 3 is 2.21 bits per heavy atom. The van der Waals surface area contributed by atoms with E-state index in [1.807, 2.05) is 55.6 Å². The van der Waals surface area contributed by atoms with E-state index < -0.39 is 5.41 Å². The average molecular weight is 323 g/mol. The van der Waals surface area contributed by atoms with Gasteiger partial charge in [-0.05, 0) is 48.9 Å². The number of hydrogen-bond donors (Lipinski definition) is 0. The third-order valence-corrected chi connectivity index (χ3v) is 3.91. The fraction of sp³-hybridized carbons (Fsp3) is 0.200. The third-order valence-electron chi connectivity index (χ3n) is 3.91. The van der Waals surface area contributed by atoms with E-state index in [9.17, 15) is 4.79 Å². The van der Waals surface area contributed by atoms with E-state index in [1.165, 1.54) is 7.11 Å². The van der Waals surface area contributed by atoms with Gasteiger partial charge in [0.05, 0.1) is 25.5 Å².